The second-order valence-electron chi connectivity index (χ2n) is 12.6. The second kappa shape index (κ2) is 12.3. The van der Waals surface area contributed by atoms with E-state index < -0.39 is 47.8 Å². The van der Waals surface area contributed by atoms with Crippen LogP contribution in [-0.2, 0) is 14.3 Å². The molecule has 1 saturated heterocycles. The summed E-state index contributed by atoms with van der Waals surface area (Å²) < 4.78 is 17.5. The van der Waals surface area contributed by atoms with Crippen LogP contribution < -0.4 is 20.1 Å². The molecule has 1 aromatic heterocycles. The van der Waals surface area contributed by atoms with Crippen LogP contribution in [0.1, 0.15) is 66.2 Å². The first-order valence-corrected chi connectivity index (χ1v) is 15.0. The Hall–Kier alpha value is -3.60. The Morgan fingerprint density at radius 3 is 2.57 bits per heavy atom. The van der Waals surface area contributed by atoms with Crippen molar-refractivity contribution in [3.05, 3.63) is 30.5 Å². The molecule has 1 aromatic carbocycles. The Morgan fingerprint density at radius 2 is 1.90 bits per heavy atom. The highest BCUT2D eigenvalue weighted by Gasteiger charge is 2.45. The zero-order valence-electron chi connectivity index (χ0n) is 24.8. The molecule has 0 radical (unpaired) electrons. The van der Waals surface area contributed by atoms with Gasteiger partial charge in [0, 0.05) is 24.0 Å². The molecule has 2 heterocycles. The summed E-state index contributed by atoms with van der Waals surface area (Å²) in [6, 6.07) is 5.93. The molecule has 2 unspecified atom stereocenters. The Morgan fingerprint density at radius 1 is 1.14 bits per heavy atom. The van der Waals surface area contributed by atoms with Crippen LogP contribution in [0.4, 0.5) is 4.79 Å². The lowest BCUT2D eigenvalue weighted by atomic mass is 10.0. The van der Waals surface area contributed by atoms with E-state index >= 15 is 0 Å². The van der Waals surface area contributed by atoms with E-state index in [1.165, 1.54) is 4.90 Å². The first-order chi connectivity index (χ1) is 20.0. The molecule has 2 aromatic rings. The molecule has 3 N–H and O–H groups in total. The molecular formula is C31H42N4O7. The van der Waals surface area contributed by atoms with Crippen LogP contribution in [0.5, 0.6) is 11.6 Å². The van der Waals surface area contributed by atoms with Crippen molar-refractivity contribution in [2.75, 3.05) is 13.2 Å². The van der Waals surface area contributed by atoms with Crippen LogP contribution in [0.25, 0.3) is 10.8 Å². The van der Waals surface area contributed by atoms with E-state index in [1.54, 1.807) is 27.0 Å². The number of ether oxygens (including phenoxy) is 3. The molecule has 11 heteroatoms. The third-order valence-electron chi connectivity index (χ3n) is 7.67. The molecule has 11 nitrogen and oxygen atoms in total. The molecule has 3 fully saturated rings. The van der Waals surface area contributed by atoms with Gasteiger partial charge in [0.1, 0.15) is 23.5 Å². The molecule has 4 atom stereocenters. The van der Waals surface area contributed by atoms with Gasteiger partial charge in [-0.1, -0.05) is 12.8 Å². The third kappa shape index (κ3) is 7.61. The molecule has 2 aliphatic carbocycles. The fraction of sp³-hybridized carbons (Fsp3) is 0.613. The van der Waals surface area contributed by atoms with Crippen molar-refractivity contribution in [1.29, 1.82) is 0 Å². The standard InChI is InChI=1S/C31H42N4O7/c1-5-40-21-10-11-23-19(15-21)12-13-32-29(23)41-22-16-25(35(17-22)30(39)42-31(2,3)4)27(37)34-24(14-18-6-7-18)26(36)28(38)33-20-8-9-20/h10-13,15,18,20,22,24-26,36H,5-9,14,16-17H2,1-4H3,(H,33,38)(H,34,37)/t22?,24-,25-,26?/m0/s1. The van der Waals surface area contributed by atoms with Gasteiger partial charge in [-0.25, -0.2) is 9.78 Å². The highest BCUT2D eigenvalue weighted by Crippen LogP contribution is 2.35. The van der Waals surface area contributed by atoms with E-state index in [1.807, 2.05) is 31.2 Å². The maximum absolute atomic E-state index is 13.7. The van der Waals surface area contributed by atoms with Crippen molar-refractivity contribution < 1.29 is 33.7 Å². The van der Waals surface area contributed by atoms with E-state index in [9.17, 15) is 19.5 Å². The molecule has 1 aliphatic heterocycles. The number of carbonyl (C=O) groups is 3. The summed E-state index contributed by atoms with van der Waals surface area (Å²) >= 11 is 0. The van der Waals surface area contributed by atoms with Crippen LogP contribution in [0.2, 0.25) is 0 Å². The summed E-state index contributed by atoms with van der Waals surface area (Å²) in [6.45, 7) is 7.88. The van der Waals surface area contributed by atoms with E-state index in [0.717, 1.165) is 42.2 Å². The van der Waals surface area contributed by atoms with Gasteiger partial charge in [-0.3, -0.25) is 14.5 Å². The smallest absolute Gasteiger partial charge is 0.411 e. The van der Waals surface area contributed by atoms with E-state index in [4.69, 9.17) is 14.2 Å². The quantitative estimate of drug-likeness (QED) is 0.367. The molecule has 5 rings (SSSR count). The molecule has 3 aliphatic rings. The van der Waals surface area contributed by atoms with Crippen molar-refractivity contribution in [2.45, 2.75) is 102 Å². The number of nitrogens with one attached hydrogen (secondary N) is 2. The summed E-state index contributed by atoms with van der Waals surface area (Å²) in [5.41, 5.74) is -0.766. The highest BCUT2D eigenvalue weighted by atomic mass is 16.6. The number of carbonyl (C=O) groups excluding carboxylic acids is 3. The molecule has 3 amide bonds. The van der Waals surface area contributed by atoms with Crippen LogP contribution in [0, 0.1) is 5.92 Å². The van der Waals surface area contributed by atoms with Crippen molar-refractivity contribution in [3.8, 4) is 11.6 Å². The van der Waals surface area contributed by atoms with Gasteiger partial charge >= 0.3 is 6.09 Å². The summed E-state index contributed by atoms with van der Waals surface area (Å²) in [6.07, 6.45) is 3.57. The SMILES string of the molecule is CCOc1ccc2c(OC3C[C@@H](C(=O)N[C@@H](CC4CC4)C(O)C(=O)NC4CC4)N(C(=O)OC(C)(C)C)C3)nccc2c1. The molecule has 2 saturated carbocycles. The Labute approximate surface area is 246 Å². The average Bonchev–Trinajstić information content (AvgIpc) is 3.87. The number of rotatable bonds is 11. The lowest BCUT2D eigenvalue weighted by Gasteiger charge is -2.30. The summed E-state index contributed by atoms with van der Waals surface area (Å²) in [7, 11) is 0. The lowest BCUT2D eigenvalue weighted by molar-refractivity contribution is -0.133. The molecule has 0 bridgehead atoms. The Kier molecular flexibility index (Phi) is 8.77. The number of aliphatic hydroxyl groups excluding tert-OH is 1. The highest BCUT2D eigenvalue weighted by molar-refractivity contribution is 5.89. The van der Waals surface area contributed by atoms with Crippen molar-refractivity contribution >= 4 is 28.7 Å². The van der Waals surface area contributed by atoms with Crippen LogP contribution in [-0.4, -0.2) is 82.0 Å². The fourth-order valence-electron chi connectivity index (χ4n) is 5.25. The Bertz CT molecular complexity index is 1300. The first-order valence-electron chi connectivity index (χ1n) is 15.0. The number of likely N-dealkylation sites (tertiary alicyclic amines) is 1. The molecular weight excluding hydrogens is 540 g/mol. The van der Waals surface area contributed by atoms with Crippen molar-refractivity contribution in [2.24, 2.45) is 5.92 Å². The number of amides is 3. The summed E-state index contributed by atoms with van der Waals surface area (Å²) in [5.74, 6) is 0.549. The van der Waals surface area contributed by atoms with Gasteiger partial charge in [0.05, 0.1) is 19.2 Å². The topological polar surface area (TPSA) is 139 Å². The lowest BCUT2D eigenvalue weighted by Crippen LogP contribution is -2.55. The number of nitrogens with zero attached hydrogens (tertiary/aromatic N) is 2. The monoisotopic (exact) mass is 582 g/mol. The minimum absolute atomic E-state index is 0.0910. The second-order valence-corrected chi connectivity index (χ2v) is 12.6. The van der Waals surface area contributed by atoms with Gasteiger partial charge in [0.25, 0.3) is 5.91 Å². The summed E-state index contributed by atoms with van der Waals surface area (Å²) in [5, 5.41) is 18.3. The Balaban J connectivity index is 1.33. The van der Waals surface area contributed by atoms with E-state index in [-0.39, 0.29) is 19.0 Å². The number of pyridine rings is 1. The van der Waals surface area contributed by atoms with Gasteiger partial charge in [-0.2, -0.15) is 0 Å². The van der Waals surface area contributed by atoms with Gasteiger partial charge in [0.15, 0.2) is 6.10 Å². The van der Waals surface area contributed by atoms with Crippen LogP contribution in [0.3, 0.4) is 0 Å². The number of aromatic nitrogens is 1. The van der Waals surface area contributed by atoms with Gasteiger partial charge in [0.2, 0.25) is 11.8 Å². The zero-order valence-corrected chi connectivity index (χ0v) is 24.8. The van der Waals surface area contributed by atoms with Gasteiger partial charge < -0.3 is 30.0 Å². The summed E-state index contributed by atoms with van der Waals surface area (Å²) in [4.78, 5) is 45.4. The predicted molar refractivity (Wildman–Crippen MR) is 155 cm³/mol. The van der Waals surface area contributed by atoms with E-state index in [0.29, 0.717) is 24.8 Å². The number of hydrogen-bond donors (Lipinski definition) is 3. The third-order valence-corrected chi connectivity index (χ3v) is 7.67. The molecule has 0 spiro atoms. The minimum Gasteiger partial charge on any atom is -0.494 e. The maximum Gasteiger partial charge on any atom is 0.411 e. The molecule has 228 valence electrons. The number of fused-ring (bicyclic) bond motifs is 1. The van der Waals surface area contributed by atoms with E-state index in [2.05, 4.69) is 15.6 Å². The molecule has 42 heavy (non-hydrogen) atoms. The predicted octanol–water partition coefficient (Wildman–Crippen LogP) is 3.31. The average molecular weight is 583 g/mol. The fourth-order valence-corrected chi connectivity index (χ4v) is 5.25. The van der Waals surface area contributed by atoms with Gasteiger partial charge in [-0.15, -0.1) is 0 Å². The number of aliphatic hydroxyl groups is 1. The van der Waals surface area contributed by atoms with Crippen LogP contribution >= 0.6 is 0 Å². The number of benzene rings is 1. The first kappa shape index (κ1) is 29.9. The van der Waals surface area contributed by atoms with Crippen molar-refractivity contribution in [1.82, 2.24) is 20.5 Å². The van der Waals surface area contributed by atoms with Crippen LogP contribution in [0.15, 0.2) is 30.5 Å². The largest absolute Gasteiger partial charge is 0.494 e. The van der Waals surface area contributed by atoms with Gasteiger partial charge in [-0.05, 0) is 82.5 Å². The minimum atomic E-state index is -1.37. The van der Waals surface area contributed by atoms with Crippen molar-refractivity contribution in [3.63, 3.8) is 0 Å². The maximum atomic E-state index is 13.7. The normalized spacial score (nSPS) is 21.9. The zero-order chi connectivity index (χ0) is 30.0. The number of hydrogen-bond acceptors (Lipinski definition) is 8.